The van der Waals surface area contributed by atoms with Crippen LogP contribution in [-0.4, -0.2) is 5.38 Å². The number of halogens is 1. The molecule has 3 atom stereocenters. The van der Waals surface area contributed by atoms with Gasteiger partial charge in [0.25, 0.3) is 0 Å². The number of hydrogen-bond donors (Lipinski definition) is 0. The minimum Gasteiger partial charge on any atom is -0.118 e. The summed E-state index contributed by atoms with van der Waals surface area (Å²) in [5, 5.41) is 2.33. The molecule has 1 aliphatic rings. The Morgan fingerprint density at radius 3 is 2.92 bits per heavy atom. The van der Waals surface area contributed by atoms with Crippen LogP contribution in [0.5, 0.6) is 0 Å². The van der Waals surface area contributed by atoms with E-state index in [1.165, 1.54) is 11.3 Å². The van der Waals surface area contributed by atoms with Crippen LogP contribution in [0.3, 0.4) is 0 Å². The highest BCUT2D eigenvalue weighted by Crippen LogP contribution is 2.33. The Balaban J connectivity index is 2.75. The lowest BCUT2D eigenvalue weighted by Crippen LogP contribution is -2.06. The molecule has 1 rings (SSSR count). The van der Waals surface area contributed by atoms with Crippen molar-refractivity contribution in [1.82, 2.24) is 0 Å². The average molecular weight is 217 g/mol. The van der Waals surface area contributed by atoms with Crippen molar-refractivity contribution in [2.24, 2.45) is 11.8 Å². The van der Waals surface area contributed by atoms with Crippen LogP contribution in [0.15, 0.2) is 22.5 Å². The van der Waals surface area contributed by atoms with Crippen molar-refractivity contribution in [1.29, 1.82) is 0 Å². The molecule has 1 heterocycles. The summed E-state index contributed by atoms with van der Waals surface area (Å²) in [5.41, 5.74) is 0. The van der Waals surface area contributed by atoms with Crippen molar-refractivity contribution in [3.8, 4) is 0 Å². The molecule has 0 saturated heterocycles. The standard InChI is InChI=1S/C11H17ClS/c1-4-8(2)11-7-10(12)9(3)5-6-13-11/h5-10H,4H2,1-3H3. The molecular weight excluding hydrogens is 200 g/mol. The lowest BCUT2D eigenvalue weighted by atomic mass is 10.0. The predicted molar refractivity (Wildman–Crippen MR) is 63.1 cm³/mol. The van der Waals surface area contributed by atoms with Gasteiger partial charge in [-0.05, 0) is 28.6 Å². The number of allylic oxidation sites excluding steroid dienone is 3. The van der Waals surface area contributed by atoms with Gasteiger partial charge in [0.15, 0.2) is 0 Å². The highest BCUT2D eigenvalue weighted by molar-refractivity contribution is 8.05. The number of thioether (sulfide) groups is 1. The van der Waals surface area contributed by atoms with Crippen LogP contribution in [0.25, 0.3) is 0 Å². The molecule has 0 aromatic heterocycles. The summed E-state index contributed by atoms with van der Waals surface area (Å²) in [7, 11) is 0. The Labute approximate surface area is 90.4 Å². The maximum Gasteiger partial charge on any atom is 0.0587 e. The topological polar surface area (TPSA) is 0 Å². The molecule has 2 heteroatoms. The predicted octanol–water partition coefficient (Wildman–Crippen LogP) is 4.42. The third-order valence-electron chi connectivity index (χ3n) is 2.51. The first kappa shape index (κ1) is 11.2. The Bertz CT molecular complexity index is 220. The van der Waals surface area contributed by atoms with Gasteiger partial charge < -0.3 is 0 Å². The van der Waals surface area contributed by atoms with Crippen molar-refractivity contribution in [3.05, 3.63) is 22.5 Å². The Morgan fingerprint density at radius 1 is 1.62 bits per heavy atom. The summed E-state index contributed by atoms with van der Waals surface area (Å²) in [6.07, 6.45) is 5.59. The highest BCUT2D eigenvalue weighted by Gasteiger charge is 2.15. The van der Waals surface area contributed by atoms with Crippen LogP contribution in [0.1, 0.15) is 27.2 Å². The average Bonchev–Trinajstić information content (AvgIpc) is 2.28. The summed E-state index contributed by atoms with van der Waals surface area (Å²) in [4.78, 5) is 1.42. The van der Waals surface area contributed by atoms with Gasteiger partial charge in [0.1, 0.15) is 0 Å². The van der Waals surface area contributed by atoms with Gasteiger partial charge in [-0.2, -0.15) is 0 Å². The molecule has 0 N–H and O–H groups in total. The highest BCUT2D eigenvalue weighted by atomic mass is 35.5. The van der Waals surface area contributed by atoms with E-state index in [0.717, 1.165) is 0 Å². The van der Waals surface area contributed by atoms with Crippen molar-refractivity contribution in [2.45, 2.75) is 32.6 Å². The van der Waals surface area contributed by atoms with E-state index in [1.54, 1.807) is 0 Å². The summed E-state index contributed by atoms with van der Waals surface area (Å²) in [6.45, 7) is 6.63. The zero-order valence-corrected chi connectivity index (χ0v) is 10.0. The Hall–Kier alpha value is 0.120. The van der Waals surface area contributed by atoms with Gasteiger partial charge in [0.05, 0.1) is 5.38 Å². The third-order valence-corrected chi connectivity index (χ3v) is 4.14. The molecule has 0 bridgehead atoms. The summed E-state index contributed by atoms with van der Waals surface area (Å²) in [6, 6.07) is 0. The summed E-state index contributed by atoms with van der Waals surface area (Å²) < 4.78 is 0. The van der Waals surface area contributed by atoms with E-state index >= 15 is 0 Å². The minimum atomic E-state index is 0.162. The molecule has 1 aliphatic heterocycles. The largest absolute Gasteiger partial charge is 0.118 e. The van der Waals surface area contributed by atoms with Crippen LogP contribution in [-0.2, 0) is 0 Å². The van der Waals surface area contributed by atoms with Crippen LogP contribution in [0, 0.1) is 11.8 Å². The maximum absolute atomic E-state index is 6.23. The van der Waals surface area contributed by atoms with Crippen molar-refractivity contribution < 1.29 is 0 Å². The molecule has 0 nitrogen and oxygen atoms in total. The minimum absolute atomic E-state index is 0.162. The van der Waals surface area contributed by atoms with Crippen LogP contribution in [0.4, 0.5) is 0 Å². The Kier molecular flexibility index (Phi) is 4.40. The van der Waals surface area contributed by atoms with E-state index in [-0.39, 0.29) is 5.38 Å². The number of hydrogen-bond acceptors (Lipinski definition) is 1. The second-order valence-corrected chi connectivity index (χ2v) is 5.11. The molecule has 0 fully saturated rings. The van der Waals surface area contributed by atoms with Gasteiger partial charge in [-0.15, -0.1) is 23.4 Å². The van der Waals surface area contributed by atoms with E-state index in [4.69, 9.17) is 11.6 Å². The summed E-state index contributed by atoms with van der Waals surface area (Å²) in [5.74, 6) is 1.09. The van der Waals surface area contributed by atoms with Crippen molar-refractivity contribution in [3.63, 3.8) is 0 Å². The molecular formula is C11H17ClS. The lowest BCUT2D eigenvalue weighted by Gasteiger charge is -2.13. The molecule has 13 heavy (non-hydrogen) atoms. The first-order valence-corrected chi connectivity index (χ1v) is 6.15. The van der Waals surface area contributed by atoms with Crippen LogP contribution >= 0.6 is 23.4 Å². The van der Waals surface area contributed by atoms with Gasteiger partial charge in [0, 0.05) is 0 Å². The second-order valence-electron chi connectivity index (χ2n) is 3.63. The fourth-order valence-corrected chi connectivity index (χ4v) is 2.58. The van der Waals surface area contributed by atoms with Crippen LogP contribution in [0.2, 0.25) is 0 Å². The lowest BCUT2D eigenvalue weighted by molar-refractivity contribution is 0.677. The Morgan fingerprint density at radius 2 is 2.31 bits per heavy atom. The first-order valence-electron chi connectivity index (χ1n) is 4.84. The molecule has 0 saturated carbocycles. The van der Waals surface area contributed by atoms with Gasteiger partial charge >= 0.3 is 0 Å². The normalized spacial score (nSPS) is 30.9. The summed E-state index contributed by atoms with van der Waals surface area (Å²) >= 11 is 8.05. The van der Waals surface area contributed by atoms with Crippen molar-refractivity contribution in [2.75, 3.05) is 0 Å². The molecule has 0 radical (unpaired) electrons. The molecule has 0 aromatic carbocycles. The van der Waals surface area contributed by atoms with Gasteiger partial charge in [0.2, 0.25) is 0 Å². The fraction of sp³-hybridized carbons (Fsp3) is 0.636. The zero-order valence-electron chi connectivity index (χ0n) is 8.46. The van der Waals surface area contributed by atoms with E-state index in [1.807, 2.05) is 11.8 Å². The van der Waals surface area contributed by atoms with Gasteiger partial charge in [-0.3, -0.25) is 0 Å². The number of alkyl halides is 1. The molecule has 0 spiro atoms. The first-order chi connectivity index (χ1) is 6.15. The van der Waals surface area contributed by atoms with E-state index in [2.05, 4.69) is 38.3 Å². The van der Waals surface area contributed by atoms with E-state index in [0.29, 0.717) is 11.8 Å². The third kappa shape index (κ3) is 3.07. The fourth-order valence-electron chi connectivity index (χ4n) is 1.18. The van der Waals surface area contributed by atoms with Gasteiger partial charge in [-0.1, -0.05) is 32.9 Å². The molecule has 0 aliphatic carbocycles. The zero-order chi connectivity index (χ0) is 9.84. The van der Waals surface area contributed by atoms with Crippen LogP contribution < -0.4 is 0 Å². The van der Waals surface area contributed by atoms with Gasteiger partial charge in [-0.25, -0.2) is 0 Å². The second kappa shape index (κ2) is 5.11. The van der Waals surface area contributed by atoms with Crippen molar-refractivity contribution >= 4 is 23.4 Å². The number of rotatable bonds is 2. The SMILES string of the molecule is CCC(C)C1=CC(Cl)C(C)C=CS1. The van der Waals surface area contributed by atoms with E-state index in [9.17, 15) is 0 Å². The smallest absolute Gasteiger partial charge is 0.0587 e. The molecule has 0 aromatic rings. The molecule has 74 valence electrons. The quantitative estimate of drug-likeness (QED) is 0.616. The monoisotopic (exact) mass is 216 g/mol. The van der Waals surface area contributed by atoms with E-state index < -0.39 is 0 Å². The molecule has 3 unspecified atom stereocenters. The maximum atomic E-state index is 6.23. The molecule has 0 amide bonds.